The zero-order chi connectivity index (χ0) is 25.4. The van der Waals surface area contributed by atoms with Crippen molar-refractivity contribution in [1.29, 1.82) is 0 Å². The smallest absolute Gasteiger partial charge is 0.337 e. The molecule has 2 heterocycles. The van der Waals surface area contributed by atoms with E-state index in [0.29, 0.717) is 17.3 Å². The molecule has 186 valence electrons. The van der Waals surface area contributed by atoms with Gasteiger partial charge in [-0.2, -0.15) is 0 Å². The predicted molar refractivity (Wildman–Crippen MR) is 126 cm³/mol. The largest absolute Gasteiger partial charge is 0.497 e. The number of carbonyl (C=O) groups is 2. The quantitative estimate of drug-likeness (QED) is 0.569. The van der Waals surface area contributed by atoms with Crippen molar-refractivity contribution in [3.8, 4) is 11.5 Å². The summed E-state index contributed by atoms with van der Waals surface area (Å²) in [5, 5.41) is 0. The minimum atomic E-state index is -1.43. The van der Waals surface area contributed by atoms with Gasteiger partial charge in [0.15, 0.2) is 0 Å². The molecule has 35 heavy (non-hydrogen) atoms. The Balaban J connectivity index is 1.94. The second kappa shape index (κ2) is 8.92. The van der Waals surface area contributed by atoms with Crippen molar-refractivity contribution >= 4 is 11.9 Å². The number of hydrogen-bond donors (Lipinski definition) is 0. The summed E-state index contributed by atoms with van der Waals surface area (Å²) in [5.74, 6) is -0.799. The van der Waals surface area contributed by atoms with Crippen LogP contribution in [0.4, 0.5) is 0 Å². The Hall–Kier alpha value is -3.52. The standard InChI is InChI=1S/C27H30O8/c1-17-22(23(28)32-5)15-26(24(29)33-6)16-27(35-25(26,2)34-17,18-7-11-20(30-3)12-8-18)19-9-13-21(31-4)14-10-19/h7-14H,15-16H2,1-6H3. The Morgan fingerprint density at radius 2 is 1.34 bits per heavy atom. The van der Waals surface area contributed by atoms with Crippen molar-refractivity contribution in [3.05, 3.63) is 71.0 Å². The fourth-order valence-electron chi connectivity index (χ4n) is 5.25. The molecule has 2 unspecified atom stereocenters. The summed E-state index contributed by atoms with van der Waals surface area (Å²) >= 11 is 0. The van der Waals surface area contributed by atoms with Gasteiger partial charge in [-0.05, 0) is 42.3 Å². The summed E-state index contributed by atoms with van der Waals surface area (Å²) in [4.78, 5) is 26.1. The predicted octanol–water partition coefficient (Wildman–Crippen LogP) is 4.11. The number of hydrogen-bond acceptors (Lipinski definition) is 8. The van der Waals surface area contributed by atoms with Crippen LogP contribution in [0.5, 0.6) is 11.5 Å². The lowest BCUT2D eigenvalue weighted by atomic mass is 9.67. The van der Waals surface area contributed by atoms with Crippen LogP contribution in [0, 0.1) is 5.41 Å². The van der Waals surface area contributed by atoms with E-state index >= 15 is 0 Å². The molecular weight excluding hydrogens is 452 g/mol. The van der Waals surface area contributed by atoms with E-state index in [-0.39, 0.29) is 18.4 Å². The zero-order valence-electron chi connectivity index (χ0n) is 20.8. The number of esters is 2. The second-order valence-corrected chi connectivity index (χ2v) is 8.89. The molecule has 2 atom stereocenters. The monoisotopic (exact) mass is 482 g/mol. The average molecular weight is 483 g/mol. The molecule has 2 aromatic rings. The lowest BCUT2D eigenvalue weighted by Gasteiger charge is -2.43. The Bertz CT molecular complexity index is 1100. The fourth-order valence-corrected chi connectivity index (χ4v) is 5.25. The summed E-state index contributed by atoms with van der Waals surface area (Å²) < 4.78 is 34.0. The molecule has 0 aromatic heterocycles. The SMILES string of the molecule is COC(=O)C1=C(C)OC2(C)OC(c3ccc(OC)cc3)(c3ccc(OC)cc3)CC2(C(=O)OC)C1. The highest BCUT2D eigenvalue weighted by molar-refractivity contribution is 5.91. The number of ether oxygens (including phenoxy) is 6. The van der Waals surface area contributed by atoms with Crippen LogP contribution in [0.2, 0.25) is 0 Å². The highest BCUT2D eigenvalue weighted by Crippen LogP contribution is 2.63. The summed E-state index contributed by atoms with van der Waals surface area (Å²) in [6, 6.07) is 14.9. The molecule has 8 nitrogen and oxygen atoms in total. The molecule has 1 fully saturated rings. The van der Waals surface area contributed by atoms with E-state index in [2.05, 4.69) is 0 Å². The number of carbonyl (C=O) groups excluding carboxylic acids is 2. The molecule has 2 aliphatic rings. The molecule has 0 amide bonds. The van der Waals surface area contributed by atoms with Crippen LogP contribution in [-0.2, 0) is 34.1 Å². The molecule has 0 spiro atoms. The van der Waals surface area contributed by atoms with Gasteiger partial charge in [0, 0.05) is 19.8 Å². The minimum Gasteiger partial charge on any atom is -0.497 e. The number of rotatable bonds is 6. The van der Waals surface area contributed by atoms with Gasteiger partial charge in [0.25, 0.3) is 0 Å². The van der Waals surface area contributed by atoms with E-state index in [4.69, 9.17) is 28.4 Å². The molecule has 0 bridgehead atoms. The van der Waals surface area contributed by atoms with Gasteiger partial charge in [0.05, 0.1) is 34.0 Å². The van der Waals surface area contributed by atoms with Gasteiger partial charge < -0.3 is 28.4 Å². The summed E-state index contributed by atoms with van der Waals surface area (Å²) in [6.07, 6.45) is 0.207. The third-order valence-electron chi connectivity index (χ3n) is 7.16. The molecule has 2 aliphatic heterocycles. The Labute approximate surface area is 204 Å². The van der Waals surface area contributed by atoms with Gasteiger partial charge in [-0.1, -0.05) is 24.3 Å². The van der Waals surface area contributed by atoms with Crippen molar-refractivity contribution in [3.63, 3.8) is 0 Å². The third-order valence-corrected chi connectivity index (χ3v) is 7.16. The first-order valence-corrected chi connectivity index (χ1v) is 11.2. The minimum absolute atomic E-state index is 0.0444. The molecule has 0 saturated carbocycles. The highest BCUT2D eigenvalue weighted by Gasteiger charge is 2.72. The Morgan fingerprint density at radius 3 is 1.77 bits per heavy atom. The van der Waals surface area contributed by atoms with Crippen molar-refractivity contribution in [2.45, 2.75) is 38.1 Å². The first-order valence-electron chi connectivity index (χ1n) is 11.2. The van der Waals surface area contributed by atoms with Gasteiger partial charge >= 0.3 is 11.9 Å². The van der Waals surface area contributed by atoms with Crippen LogP contribution in [0.25, 0.3) is 0 Å². The normalized spacial score (nSPS) is 24.7. The van der Waals surface area contributed by atoms with Gasteiger partial charge in [-0.3, -0.25) is 4.79 Å². The van der Waals surface area contributed by atoms with E-state index in [1.165, 1.54) is 14.2 Å². The van der Waals surface area contributed by atoms with Gasteiger partial charge in [0.1, 0.15) is 28.3 Å². The molecule has 0 N–H and O–H groups in total. The van der Waals surface area contributed by atoms with Crippen molar-refractivity contribution in [2.24, 2.45) is 5.41 Å². The first-order chi connectivity index (χ1) is 16.7. The number of allylic oxidation sites excluding steroid dienone is 1. The van der Waals surface area contributed by atoms with E-state index < -0.39 is 28.7 Å². The molecule has 0 aliphatic carbocycles. The van der Waals surface area contributed by atoms with E-state index in [0.717, 1.165) is 11.1 Å². The van der Waals surface area contributed by atoms with Gasteiger partial charge in [-0.15, -0.1) is 0 Å². The molecule has 0 radical (unpaired) electrons. The van der Waals surface area contributed by atoms with E-state index in [1.807, 2.05) is 48.5 Å². The lowest BCUT2D eigenvalue weighted by Crippen LogP contribution is -2.53. The van der Waals surface area contributed by atoms with Crippen molar-refractivity contribution in [1.82, 2.24) is 0 Å². The summed E-state index contributed by atoms with van der Waals surface area (Å²) in [6.45, 7) is 3.39. The van der Waals surface area contributed by atoms with Crippen molar-refractivity contribution in [2.75, 3.05) is 28.4 Å². The average Bonchev–Trinajstić information content (AvgIpc) is 3.17. The second-order valence-electron chi connectivity index (χ2n) is 8.89. The van der Waals surface area contributed by atoms with Gasteiger partial charge in [-0.25, -0.2) is 4.79 Å². The lowest BCUT2D eigenvalue weighted by molar-refractivity contribution is -0.261. The van der Waals surface area contributed by atoms with E-state index in [9.17, 15) is 9.59 Å². The van der Waals surface area contributed by atoms with Crippen LogP contribution in [-0.4, -0.2) is 46.2 Å². The Morgan fingerprint density at radius 1 is 0.829 bits per heavy atom. The Kier molecular flexibility index (Phi) is 6.27. The molecule has 4 rings (SSSR count). The van der Waals surface area contributed by atoms with Crippen LogP contribution < -0.4 is 9.47 Å². The molecular formula is C27H30O8. The van der Waals surface area contributed by atoms with E-state index in [1.54, 1.807) is 28.1 Å². The zero-order valence-corrected chi connectivity index (χ0v) is 20.8. The number of fused-ring (bicyclic) bond motifs is 1. The molecule has 1 saturated heterocycles. The summed E-state index contributed by atoms with van der Waals surface area (Å²) in [5.41, 5.74) is -0.566. The van der Waals surface area contributed by atoms with Gasteiger partial charge in [0.2, 0.25) is 5.79 Å². The number of benzene rings is 2. The maximum absolute atomic E-state index is 13.5. The van der Waals surface area contributed by atoms with Crippen LogP contribution in [0.1, 0.15) is 37.8 Å². The fraction of sp³-hybridized carbons (Fsp3) is 0.407. The van der Waals surface area contributed by atoms with Crippen LogP contribution in [0.15, 0.2) is 59.9 Å². The van der Waals surface area contributed by atoms with Crippen molar-refractivity contribution < 1.29 is 38.0 Å². The highest BCUT2D eigenvalue weighted by atomic mass is 16.7. The molecule has 2 aromatic carbocycles. The van der Waals surface area contributed by atoms with Crippen LogP contribution >= 0.6 is 0 Å². The van der Waals surface area contributed by atoms with Crippen LogP contribution in [0.3, 0.4) is 0 Å². The summed E-state index contributed by atoms with van der Waals surface area (Å²) in [7, 11) is 5.81. The maximum atomic E-state index is 13.5. The first kappa shape index (κ1) is 24.6. The number of methoxy groups -OCH3 is 4. The third kappa shape index (κ3) is 3.72. The maximum Gasteiger partial charge on any atom is 0.337 e. The topological polar surface area (TPSA) is 89.5 Å². The molecule has 8 heteroatoms.